The van der Waals surface area contributed by atoms with E-state index in [1.165, 1.54) is 0 Å². The van der Waals surface area contributed by atoms with Crippen LogP contribution in [0.15, 0.2) is 18.2 Å². The fourth-order valence-corrected chi connectivity index (χ4v) is 3.56. The second-order valence-electron chi connectivity index (χ2n) is 6.76. The largest absolute Gasteiger partial charge is 0.349 e. The summed E-state index contributed by atoms with van der Waals surface area (Å²) in [6, 6.07) is 5.53. The molecule has 0 atom stereocenters. The van der Waals surface area contributed by atoms with Crippen LogP contribution in [0, 0.1) is 0 Å². The van der Waals surface area contributed by atoms with Crippen molar-refractivity contribution in [3.8, 4) is 0 Å². The van der Waals surface area contributed by atoms with Gasteiger partial charge in [-0.3, -0.25) is 14.4 Å². The van der Waals surface area contributed by atoms with Crippen LogP contribution in [-0.4, -0.2) is 41.6 Å². The van der Waals surface area contributed by atoms with Crippen molar-refractivity contribution < 1.29 is 14.4 Å². The highest BCUT2D eigenvalue weighted by Gasteiger charge is 2.23. The zero-order valence-electron chi connectivity index (χ0n) is 14.1. The van der Waals surface area contributed by atoms with Gasteiger partial charge in [0, 0.05) is 43.6 Å². The van der Waals surface area contributed by atoms with Crippen LogP contribution in [0.4, 0.5) is 0 Å². The van der Waals surface area contributed by atoms with Crippen LogP contribution in [0.5, 0.6) is 0 Å². The highest BCUT2D eigenvalue weighted by atomic mass is 16.2. The molecule has 2 amide bonds. The van der Waals surface area contributed by atoms with E-state index in [4.69, 9.17) is 0 Å². The van der Waals surface area contributed by atoms with Gasteiger partial charge in [0.1, 0.15) is 0 Å². The third-order valence-electron chi connectivity index (χ3n) is 5.04. The fraction of sp³-hybridized carbons (Fsp3) is 0.526. The van der Waals surface area contributed by atoms with Crippen LogP contribution in [0.1, 0.15) is 65.3 Å². The Morgan fingerprint density at radius 2 is 1.83 bits per heavy atom. The van der Waals surface area contributed by atoms with Crippen LogP contribution in [0.2, 0.25) is 0 Å². The summed E-state index contributed by atoms with van der Waals surface area (Å²) in [5, 5.41) is 3.07. The molecule has 0 saturated carbocycles. The first kappa shape index (κ1) is 16.7. The van der Waals surface area contributed by atoms with Gasteiger partial charge < -0.3 is 10.2 Å². The maximum absolute atomic E-state index is 12.5. The van der Waals surface area contributed by atoms with E-state index in [9.17, 15) is 14.4 Å². The number of benzene rings is 1. The zero-order chi connectivity index (χ0) is 17.1. The summed E-state index contributed by atoms with van der Waals surface area (Å²) in [7, 11) is 0. The maximum Gasteiger partial charge on any atom is 0.251 e. The molecular formula is C19H24N2O3. The first-order valence-corrected chi connectivity index (χ1v) is 8.77. The molecule has 24 heavy (non-hydrogen) atoms. The van der Waals surface area contributed by atoms with Gasteiger partial charge in [0.15, 0.2) is 5.78 Å². The molecule has 0 unspecified atom stereocenters. The van der Waals surface area contributed by atoms with E-state index in [-0.39, 0.29) is 23.6 Å². The van der Waals surface area contributed by atoms with E-state index < -0.39 is 0 Å². The third-order valence-corrected chi connectivity index (χ3v) is 5.04. The van der Waals surface area contributed by atoms with Gasteiger partial charge in [0.25, 0.3) is 5.91 Å². The van der Waals surface area contributed by atoms with Gasteiger partial charge in [0.2, 0.25) is 5.91 Å². The van der Waals surface area contributed by atoms with Crippen molar-refractivity contribution in [2.24, 2.45) is 0 Å². The second-order valence-corrected chi connectivity index (χ2v) is 6.76. The Labute approximate surface area is 142 Å². The summed E-state index contributed by atoms with van der Waals surface area (Å²) in [4.78, 5) is 37.7. The highest BCUT2D eigenvalue weighted by molar-refractivity contribution is 6.00. The number of likely N-dealkylation sites (tertiary alicyclic amines) is 1. The van der Waals surface area contributed by atoms with Gasteiger partial charge >= 0.3 is 0 Å². The van der Waals surface area contributed by atoms with E-state index >= 15 is 0 Å². The lowest BCUT2D eigenvalue weighted by Crippen LogP contribution is -2.46. The lowest BCUT2D eigenvalue weighted by atomic mass is 9.98. The predicted octanol–water partition coefficient (Wildman–Crippen LogP) is 2.34. The molecule has 0 aromatic heterocycles. The number of Topliss-reactive ketones (excluding diaryl/α,β-unsaturated/α-hetero) is 1. The Hall–Kier alpha value is -2.17. The molecule has 1 aliphatic heterocycles. The monoisotopic (exact) mass is 328 g/mol. The standard InChI is InChI=1S/C19H24N2O3/c1-13(22)21-10-8-16(9-11-21)20-19(24)15-6-7-17-14(12-15)4-2-3-5-18(17)23/h6-7,12,16H,2-5,8-11H2,1H3,(H,20,24). The Bertz CT molecular complexity index is 661. The number of nitrogens with zero attached hydrogens (tertiary/aromatic N) is 1. The van der Waals surface area contributed by atoms with Gasteiger partial charge in [-0.15, -0.1) is 0 Å². The predicted molar refractivity (Wildman–Crippen MR) is 91.1 cm³/mol. The van der Waals surface area contributed by atoms with Crippen molar-refractivity contribution in [2.75, 3.05) is 13.1 Å². The molecule has 0 bridgehead atoms. The normalized spacial score (nSPS) is 18.7. The summed E-state index contributed by atoms with van der Waals surface area (Å²) in [5.74, 6) is 0.192. The molecule has 2 aliphatic rings. The number of piperidine rings is 1. The van der Waals surface area contributed by atoms with Gasteiger partial charge in [-0.1, -0.05) is 6.07 Å². The van der Waals surface area contributed by atoms with E-state index in [0.717, 1.165) is 43.2 Å². The van der Waals surface area contributed by atoms with E-state index in [1.54, 1.807) is 19.1 Å². The van der Waals surface area contributed by atoms with Crippen LogP contribution in [0.3, 0.4) is 0 Å². The number of amides is 2. The fourth-order valence-electron chi connectivity index (χ4n) is 3.56. The molecule has 0 spiro atoms. The quantitative estimate of drug-likeness (QED) is 0.847. The molecule has 3 rings (SSSR count). The SMILES string of the molecule is CC(=O)N1CCC(NC(=O)c2ccc3c(c2)CCCCC3=O)CC1. The van der Waals surface area contributed by atoms with Crippen molar-refractivity contribution in [3.05, 3.63) is 34.9 Å². The van der Waals surface area contributed by atoms with Gasteiger partial charge in [-0.25, -0.2) is 0 Å². The lowest BCUT2D eigenvalue weighted by molar-refractivity contribution is -0.129. The smallest absolute Gasteiger partial charge is 0.251 e. The molecule has 1 aromatic rings. The van der Waals surface area contributed by atoms with Crippen molar-refractivity contribution >= 4 is 17.6 Å². The third kappa shape index (κ3) is 3.66. The number of carbonyl (C=O) groups excluding carboxylic acids is 3. The number of rotatable bonds is 2. The van der Waals surface area contributed by atoms with Crippen molar-refractivity contribution in [3.63, 3.8) is 0 Å². The minimum Gasteiger partial charge on any atom is -0.349 e. The van der Waals surface area contributed by atoms with Crippen molar-refractivity contribution in [1.82, 2.24) is 10.2 Å². The Balaban J connectivity index is 1.65. The average Bonchev–Trinajstić information content (AvgIpc) is 2.76. The molecule has 1 aliphatic carbocycles. The molecule has 0 radical (unpaired) electrons. The molecule has 1 fully saturated rings. The topological polar surface area (TPSA) is 66.5 Å². The van der Waals surface area contributed by atoms with E-state index in [2.05, 4.69) is 5.32 Å². The van der Waals surface area contributed by atoms with E-state index in [1.807, 2.05) is 11.0 Å². The first-order valence-electron chi connectivity index (χ1n) is 8.77. The Morgan fingerprint density at radius 1 is 1.12 bits per heavy atom. The van der Waals surface area contributed by atoms with Gasteiger partial charge in [-0.05, 0) is 49.8 Å². The number of hydrogen-bond donors (Lipinski definition) is 1. The highest BCUT2D eigenvalue weighted by Crippen LogP contribution is 2.22. The molecule has 1 N–H and O–H groups in total. The minimum absolute atomic E-state index is 0.0872. The minimum atomic E-state index is -0.0872. The molecule has 5 nitrogen and oxygen atoms in total. The molecule has 1 aromatic carbocycles. The average molecular weight is 328 g/mol. The summed E-state index contributed by atoms with van der Waals surface area (Å²) >= 11 is 0. The summed E-state index contributed by atoms with van der Waals surface area (Å²) in [6.07, 6.45) is 4.95. The van der Waals surface area contributed by atoms with Crippen LogP contribution in [-0.2, 0) is 11.2 Å². The number of carbonyl (C=O) groups is 3. The van der Waals surface area contributed by atoms with Crippen LogP contribution in [0.25, 0.3) is 0 Å². The summed E-state index contributed by atoms with van der Waals surface area (Å²) < 4.78 is 0. The molecule has 1 heterocycles. The van der Waals surface area contributed by atoms with Crippen molar-refractivity contribution in [2.45, 2.75) is 51.5 Å². The number of nitrogens with one attached hydrogen (secondary N) is 1. The number of aryl methyl sites for hydroxylation is 1. The summed E-state index contributed by atoms with van der Waals surface area (Å²) in [6.45, 7) is 2.97. The number of hydrogen-bond acceptors (Lipinski definition) is 3. The zero-order valence-corrected chi connectivity index (χ0v) is 14.1. The number of fused-ring (bicyclic) bond motifs is 1. The lowest BCUT2D eigenvalue weighted by Gasteiger charge is -2.31. The van der Waals surface area contributed by atoms with Crippen molar-refractivity contribution in [1.29, 1.82) is 0 Å². The first-order chi connectivity index (χ1) is 11.5. The Morgan fingerprint density at radius 3 is 2.54 bits per heavy atom. The second kappa shape index (κ2) is 7.16. The van der Waals surface area contributed by atoms with Gasteiger partial charge in [0.05, 0.1) is 0 Å². The molecule has 5 heteroatoms. The summed E-state index contributed by atoms with van der Waals surface area (Å²) in [5.41, 5.74) is 2.40. The molecular weight excluding hydrogens is 304 g/mol. The maximum atomic E-state index is 12.5. The van der Waals surface area contributed by atoms with Crippen LogP contribution >= 0.6 is 0 Å². The molecule has 128 valence electrons. The van der Waals surface area contributed by atoms with E-state index in [0.29, 0.717) is 25.1 Å². The number of ketones is 1. The van der Waals surface area contributed by atoms with Crippen LogP contribution < -0.4 is 5.32 Å². The van der Waals surface area contributed by atoms with Gasteiger partial charge in [-0.2, -0.15) is 0 Å². The Kier molecular flexibility index (Phi) is 4.97. The molecule has 1 saturated heterocycles.